The molecule has 0 aliphatic rings. The highest BCUT2D eigenvalue weighted by molar-refractivity contribution is 8.03. The molecule has 2 nitrogen and oxygen atoms in total. The normalized spacial score (nSPS) is 12.6. The van der Waals surface area contributed by atoms with Crippen molar-refractivity contribution < 1.29 is 9.59 Å². The number of rotatable bonds is 11. The topological polar surface area (TPSA) is 34.1 Å². The van der Waals surface area contributed by atoms with Gasteiger partial charge in [0.2, 0.25) is 0 Å². The Kier molecular flexibility index (Phi) is 8.78. The first-order valence-electron chi connectivity index (χ1n) is 11.3. The Labute approximate surface area is 209 Å². The molecule has 0 saturated carbocycles. The molecule has 0 aliphatic heterocycles. The van der Waals surface area contributed by atoms with E-state index >= 15 is 0 Å². The van der Waals surface area contributed by atoms with E-state index in [0.29, 0.717) is 0 Å². The summed E-state index contributed by atoms with van der Waals surface area (Å²) in [5, 5.41) is -0.548. The summed E-state index contributed by atoms with van der Waals surface area (Å²) in [5.41, 5.74) is 3.45. The lowest BCUT2D eigenvalue weighted by atomic mass is 10.0. The van der Waals surface area contributed by atoms with Gasteiger partial charge in [-0.1, -0.05) is 121 Å². The van der Waals surface area contributed by atoms with Crippen LogP contribution in [-0.2, 0) is 0 Å². The molecule has 4 heteroatoms. The maximum atomic E-state index is 13.3. The third kappa shape index (κ3) is 6.28. The highest BCUT2D eigenvalue weighted by Crippen LogP contribution is 2.36. The molecule has 0 N–H and O–H groups in total. The molecule has 0 aliphatic carbocycles. The fourth-order valence-corrected chi connectivity index (χ4v) is 6.26. The molecule has 0 amide bonds. The molecule has 4 rings (SSSR count). The summed E-state index contributed by atoms with van der Waals surface area (Å²) in [6, 6.07) is 38.8. The molecule has 2 unspecified atom stereocenters. The van der Waals surface area contributed by atoms with Crippen LogP contribution in [0.5, 0.6) is 0 Å². The van der Waals surface area contributed by atoms with Gasteiger partial charge in [0, 0.05) is 22.6 Å². The van der Waals surface area contributed by atoms with E-state index in [0.717, 1.165) is 33.8 Å². The van der Waals surface area contributed by atoms with Crippen LogP contribution in [0.25, 0.3) is 0 Å². The standard InChI is InChI=1S/C30H26O2S2/c31-27(23-13-5-1-6-14-23)29(25-17-9-3-10-18-25)33-21-22-34-30(26-19-11-4-12-20-26)28(32)24-15-7-2-8-16-24/h1-20,29-30H,21-22H2. The third-order valence-electron chi connectivity index (χ3n) is 5.45. The molecule has 0 aromatic heterocycles. The SMILES string of the molecule is O=C(c1ccccc1)C(SCCSC(C(=O)c1ccccc1)c1ccccc1)c1ccccc1. The first-order valence-corrected chi connectivity index (χ1v) is 13.4. The lowest BCUT2D eigenvalue weighted by Crippen LogP contribution is -2.13. The Bertz CT molecular complexity index is 1080. The smallest absolute Gasteiger partial charge is 0.180 e. The fourth-order valence-electron chi connectivity index (χ4n) is 3.74. The minimum Gasteiger partial charge on any atom is -0.293 e. The average Bonchev–Trinajstić information content (AvgIpc) is 2.92. The van der Waals surface area contributed by atoms with E-state index in [-0.39, 0.29) is 22.1 Å². The minimum absolute atomic E-state index is 0.113. The van der Waals surface area contributed by atoms with Gasteiger partial charge in [0.1, 0.15) is 0 Å². The highest BCUT2D eigenvalue weighted by atomic mass is 32.2. The minimum atomic E-state index is -0.274. The summed E-state index contributed by atoms with van der Waals surface area (Å²) < 4.78 is 0. The molecule has 0 radical (unpaired) electrons. The summed E-state index contributed by atoms with van der Waals surface area (Å²) in [6.07, 6.45) is 0. The molecule has 170 valence electrons. The largest absolute Gasteiger partial charge is 0.293 e. The quantitative estimate of drug-likeness (QED) is 0.162. The van der Waals surface area contributed by atoms with E-state index in [4.69, 9.17) is 0 Å². The van der Waals surface area contributed by atoms with Gasteiger partial charge in [0.15, 0.2) is 11.6 Å². The third-order valence-corrected chi connectivity index (χ3v) is 8.23. The van der Waals surface area contributed by atoms with Gasteiger partial charge in [-0.15, -0.1) is 23.5 Å². The number of thioether (sulfide) groups is 2. The summed E-state index contributed by atoms with van der Waals surface area (Å²) in [4.78, 5) is 26.6. The van der Waals surface area contributed by atoms with Crippen molar-refractivity contribution in [1.82, 2.24) is 0 Å². The van der Waals surface area contributed by atoms with E-state index in [2.05, 4.69) is 0 Å². The molecular weight excluding hydrogens is 456 g/mol. The summed E-state index contributed by atoms with van der Waals surface area (Å²) in [7, 11) is 0. The van der Waals surface area contributed by atoms with Crippen LogP contribution in [0.4, 0.5) is 0 Å². The van der Waals surface area contributed by atoms with Gasteiger partial charge < -0.3 is 0 Å². The maximum absolute atomic E-state index is 13.3. The van der Waals surface area contributed by atoms with Gasteiger partial charge in [0.25, 0.3) is 0 Å². The van der Waals surface area contributed by atoms with E-state index in [9.17, 15) is 9.59 Å². The van der Waals surface area contributed by atoms with Crippen molar-refractivity contribution in [1.29, 1.82) is 0 Å². The maximum Gasteiger partial charge on any atom is 0.180 e. The summed E-state index contributed by atoms with van der Waals surface area (Å²) in [6.45, 7) is 0. The van der Waals surface area contributed by atoms with Crippen molar-refractivity contribution >= 4 is 35.1 Å². The Morgan fingerprint density at radius 2 is 0.765 bits per heavy atom. The van der Waals surface area contributed by atoms with Gasteiger partial charge in [0.05, 0.1) is 10.5 Å². The van der Waals surface area contributed by atoms with Gasteiger partial charge in [-0.25, -0.2) is 0 Å². The fraction of sp³-hybridized carbons (Fsp3) is 0.133. The van der Waals surface area contributed by atoms with Gasteiger partial charge in [-0.3, -0.25) is 9.59 Å². The number of carbonyl (C=O) groups excluding carboxylic acids is 2. The summed E-state index contributed by atoms with van der Waals surface area (Å²) >= 11 is 3.28. The number of benzene rings is 4. The second-order valence-corrected chi connectivity index (χ2v) is 10.2. The molecule has 0 spiro atoms. The Morgan fingerprint density at radius 3 is 1.09 bits per heavy atom. The molecule has 0 saturated heterocycles. The van der Waals surface area contributed by atoms with E-state index in [1.54, 1.807) is 23.5 Å². The Balaban J connectivity index is 1.46. The lowest BCUT2D eigenvalue weighted by Gasteiger charge is -2.19. The van der Waals surface area contributed by atoms with Crippen LogP contribution in [0.1, 0.15) is 42.3 Å². The van der Waals surface area contributed by atoms with Crippen LogP contribution in [0.15, 0.2) is 121 Å². The monoisotopic (exact) mass is 482 g/mol. The van der Waals surface area contributed by atoms with Crippen molar-refractivity contribution in [2.75, 3.05) is 11.5 Å². The first-order chi connectivity index (χ1) is 16.7. The molecule has 0 bridgehead atoms. The molecule has 0 heterocycles. The van der Waals surface area contributed by atoms with Crippen LogP contribution >= 0.6 is 23.5 Å². The number of ketones is 2. The molecule has 34 heavy (non-hydrogen) atoms. The zero-order chi connectivity index (χ0) is 23.6. The van der Waals surface area contributed by atoms with Crippen LogP contribution < -0.4 is 0 Å². The van der Waals surface area contributed by atoms with Gasteiger partial charge in [-0.05, 0) is 11.1 Å². The van der Waals surface area contributed by atoms with Crippen molar-refractivity contribution in [3.63, 3.8) is 0 Å². The average molecular weight is 483 g/mol. The zero-order valence-corrected chi connectivity index (χ0v) is 20.4. The van der Waals surface area contributed by atoms with Gasteiger partial charge in [-0.2, -0.15) is 0 Å². The van der Waals surface area contributed by atoms with Crippen LogP contribution in [0, 0.1) is 0 Å². The second-order valence-electron chi connectivity index (χ2n) is 7.78. The molecular formula is C30H26O2S2. The van der Waals surface area contributed by atoms with Crippen molar-refractivity contribution in [2.45, 2.75) is 10.5 Å². The first kappa shape index (κ1) is 24.1. The number of hydrogen-bond donors (Lipinski definition) is 0. The van der Waals surface area contributed by atoms with Crippen LogP contribution in [-0.4, -0.2) is 23.1 Å². The number of hydrogen-bond acceptors (Lipinski definition) is 4. The number of Topliss-reactive ketones (excluding diaryl/α,β-unsaturated/α-hetero) is 2. The molecule has 0 fully saturated rings. The predicted molar refractivity (Wildman–Crippen MR) is 145 cm³/mol. The zero-order valence-electron chi connectivity index (χ0n) is 18.7. The molecule has 2 atom stereocenters. The Morgan fingerprint density at radius 1 is 0.471 bits per heavy atom. The number of carbonyl (C=O) groups is 2. The second kappa shape index (κ2) is 12.4. The van der Waals surface area contributed by atoms with Crippen molar-refractivity contribution in [3.05, 3.63) is 144 Å². The predicted octanol–water partition coefficient (Wildman–Crippen LogP) is 7.70. The van der Waals surface area contributed by atoms with E-state index in [1.165, 1.54) is 0 Å². The van der Waals surface area contributed by atoms with Gasteiger partial charge >= 0.3 is 0 Å². The van der Waals surface area contributed by atoms with E-state index in [1.807, 2.05) is 121 Å². The van der Waals surface area contributed by atoms with Crippen molar-refractivity contribution in [2.24, 2.45) is 0 Å². The Hall–Kier alpha value is -3.08. The molecule has 4 aromatic rings. The summed E-state index contributed by atoms with van der Waals surface area (Å²) in [5.74, 6) is 1.74. The molecule has 4 aromatic carbocycles. The van der Waals surface area contributed by atoms with Crippen LogP contribution in [0.2, 0.25) is 0 Å². The van der Waals surface area contributed by atoms with Crippen LogP contribution in [0.3, 0.4) is 0 Å². The highest BCUT2D eigenvalue weighted by Gasteiger charge is 2.25. The lowest BCUT2D eigenvalue weighted by molar-refractivity contribution is 0.0981. The van der Waals surface area contributed by atoms with Crippen molar-refractivity contribution in [3.8, 4) is 0 Å². The van der Waals surface area contributed by atoms with E-state index < -0.39 is 0 Å².